The average Bonchev–Trinajstić information content (AvgIpc) is 2.98. The zero-order valence-corrected chi connectivity index (χ0v) is 17.8. The van der Waals surface area contributed by atoms with Crippen LogP contribution in [-0.4, -0.2) is 40.8 Å². The van der Waals surface area contributed by atoms with Gasteiger partial charge in [-0.1, -0.05) is 37.8 Å². The van der Waals surface area contributed by atoms with Crippen LogP contribution >= 0.6 is 11.6 Å². The SMILES string of the molecule is CCCCCCC(=O)N1CC(=O)/C(=C(/O)CCCOc2ccc(Cl)cc2C)C1=O. The number of hydrogen-bond donors (Lipinski definition) is 1. The Hall–Kier alpha value is -2.34. The number of unbranched alkanes of at least 4 members (excludes halogenated alkanes) is 3. The van der Waals surface area contributed by atoms with Crippen LogP contribution < -0.4 is 4.74 Å². The molecule has 6 nitrogen and oxygen atoms in total. The van der Waals surface area contributed by atoms with Crippen LogP contribution in [0.4, 0.5) is 0 Å². The van der Waals surface area contributed by atoms with Gasteiger partial charge in [0.15, 0.2) is 5.78 Å². The molecule has 29 heavy (non-hydrogen) atoms. The number of imide groups is 1. The predicted octanol–water partition coefficient (Wildman–Crippen LogP) is 4.53. The molecule has 2 rings (SSSR count). The number of halogens is 1. The van der Waals surface area contributed by atoms with E-state index in [1.54, 1.807) is 18.2 Å². The number of rotatable bonds is 10. The van der Waals surface area contributed by atoms with E-state index < -0.39 is 11.7 Å². The van der Waals surface area contributed by atoms with E-state index >= 15 is 0 Å². The molecule has 1 fully saturated rings. The van der Waals surface area contributed by atoms with Crippen molar-refractivity contribution < 1.29 is 24.2 Å². The summed E-state index contributed by atoms with van der Waals surface area (Å²) in [4.78, 5) is 37.8. The van der Waals surface area contributed by atoms with E-state index in [0.717, 1.165) is 29.7 Å². The maximum Gasteiger partial charge on any atom is 0.268 e. The number of aryl methyl sites for hydroxylation is 1. The number of Topliss-reactive ketones (excluding diaryl/α,β-unsaturated/α-hetero) is 1. The fourth-order valence-electron chi connectivity index (χ4n) is 3.19. The molecule has 0 unspecified atom stereocenters. The van der Waals surface area contributed by atoms with Crippen LogP contribution in [0, 0.1) is 6.92 Å². The smallest absolute Gasteiger partial charge is 0.268 e. The van der Waals surface area contributed by atoms with E-state index in [1.165, 1.54) is 0 Å². The number of allylic oxidation sites excluding steroid dienone is 1. The summed E-state index contributed by atoms with van der Waals surface area (Å²) >= 11 is 5.91. The number of likely N-dealkylation sites (tertiary alicyclic amines) is 1. The van der Waals surface area contributed by atoms with Gasteiger partial charge in [0.25, 0.3) is 5.91 Å². The molecule has 0 aliphatic carbocycles. The molecule has 158 valence electrons. The quantitative estimate of drug-likeness (QED) is 0.260. The number of benzene rings is 1. The van der Waals surface area contributed by atoms with Gasteiger partial charge < -0.3 is 9.84 Å². The first-order valence-corrected chi connectivity index (χ1v) is 10.4. The molecule has 1 aromatic rings. The number of aliphatic hydroxyl groups excluding tert-OH is 1. The first kappa shape index (κ1) is 22.9. The minimum atomic E-state index is -0.692. The number of amides is 2. The van der Waals surface area contributed by atoms with Gasteiger partial charge in [-0.05, 0) is 43.5 Å². The summed E-state index contributed by atoms with van der Waals surface area (Å²) in [5, 5.41) is 10.9. The largest absolute Gasteiger partial charge is 0.511 e. The van der Waals surface area contributed by atoms with Gasteiger partial charge in [0.05, 0.1) is 13.2 Å². The Morgan fingerprint density at radius 3 is 2.62 bits per heavy atom. The third-order valence-electron chi connectivity index (χ3n) is 4.83. The second kappa shape index (κ2) is 11.0. The predicted molar refractivity (Wildman–Crippen MR) is 111 cm³/mol. The lowest BCUT2D eigenvalue weighted by Gasteiger charge is -2.12. The summed E-state index contributed by atoms with van der Waals surface area (Å²) in [7, 11) is 0. The molecule has 0 spiro atoms. The Bertz CT molecular complexity index is 802. The molecule has 1 saturated heterocycles. The number of aliphatic hydroxyl groups is 1. The van der Waals surface area contributed by atoms with Crippen molar-refractivity contribution in [2.24, 2.45) is 0 Å². The highest BCUT2D eigenvalue weighted by Gasteiger charge is 2.39. The van der Waals surface area contributed by atoms with Crippen molar-refractivity contribution in [2.45, 2.75) is 58.8 Å². The topological polar surface area (TPSA) is 83.9 Å². The van der Waals surface area contributed by atoms with E-state index in [2.05, 4.69) is 6.92 Å². The Balaban J connectivity index is 1.87. The van der Waals surface area contributed by atoms with Crippen LogP contribution in [0.5, 0.6) is 5.75 Å². The van der Waals surface area contributed by atoms with Crippen molar-refractivity contribution in [3.05, 3.63) is 40.1 Å². The molecule has 1 N–H and O–H groups in total. The number of carbonyl (C=O) groups is 3. The highest BCUT2D eigenvalue weighted by atomic mass is 35.5. The Kier molecular flexibility index (Phi) is 8.70. The van der Waals surface area contributed by atoms with Crippen LogP contribution in [0.3, 0.4) is 0 Å². The molecule has 0 atom stereocenters. The van der Waals surface area contributed by atoms with Crippen LogP contribution in [0.2, 0.25) is 5.02 Å². The first-order valence-electron chi connectivity index (χ1n) is 10.0. The average molecular weight is 422 g/mol. The summed E-state index contributed by atoms with van der Waals surface area (Å²) < 4.78 is 5.66. The number of ketones is 1. The van der Waals surface area contributed by atoms with Crippen LogP contribution in [-0.2, 0) is 14.4 Å². The monoisotopic (exact) mass is 421 g/mol. The second-order valence-electron chi connectivity index (χ2n) is 7.20. The van der Waals surface area contributed by atoms with Crippen molar-refractivity contribution in [1.82, 2.24) is 4.90 Å². The van der Waals surface area contributed by atoms with Crippen molar-refractivity contribution in [3.63, 3.8) is 0 Å². The number of ether oxygens (including phenoxy) is 1. The van der Waals surface area contributed by atoms with Gasteiger partial charge in [0.2, 0.25) is 5.91 Å². The van der Waals surface area contributed by atoms with E-state index in [9.17, 15) is 19.5 Å². The van der Waals surface area contributed by atoms with Gasteiger partial charge in [-0.15, -0.1) is 0 Å². The zero-order chi connectivity index (χ0) is 21.4. The van der Waals surface area contributed by atoms with Gasteiger partial charge in [-0.2, -0.15) is 0 Å². The maximum absolute atomic E-state index is 12.4. The summed E-state index contributed by atoms with van der Waals surface area (Å²) in [6.45, 7) is 3.98. The molecule has 1 aliphatic rings. The second-order valence-corrected chi connectivity index (χ2v) is 7.64. The Morgan fingerprint density at radius 2 is 1.93 bits per heavy atom. The molecule has 0 aromatic heterocycles. The van der Waals surface area contributed by atoms with E-state index in [0.29, 0.717) is 30.2 Å². The van der Waals surface area contributed by atoms with Crippen molar-refractivity contribution in [1.29, 1.82) is 0 Å². The van der Waals surface area contributed by atoms with E-state index in [4.69, 9.17) is 16.3 Å². The van der Waals surface area contributed by atoms with E-state index in [-0.39, 0.29) is 36.6 Å². The summed E-state index contributed by atoms with van der Waals surface area (Å²) in [6.07, 6.45) is 4.47. The maximum atomic E-state index is 12.4. The molecule has 1 heterocycles. The van der Waals surface area contributed by atoms with Crippen molar-refractivity contribution in [3.8, 4) is 5.75 Å². The molecule has 0 saturated carbocycles. The normalized spacial score (nSPS) is 15.8. The van der Waals surface area contributed by atoms with Gasteiger partial charge >= 0.3 is 0 Å². The van der Waals surface area contributed by atoms with Crippen LogP contribution in [0.1, 0.15) is 57.4 Å². The van der Waals surface area contributed by atoms with Crippen molar-refractivity contribution in [2.75, 3.05) is 13.2 Å². The summed E-state index contributed by atoms with van der Waals surface area (Å²) in [6, 6.07) is 5.29. The van der Waals surface area contributed by atoms with Gasteiger partial charge in [0.1, 0.15) is 17.1 Å². The standard InChI is InChI=1S/C22H28ClNO5/c1-3-4-5-6-9-20(27)24-14-18(26)21(22(24)28)17(25)8-7-12-29-19-11-10-16(23)13-15(19)2/h10-11,13,25H,3-9,12,14H2,1-2H3/b21-17-. The van der Waals surface area contributed by atoms with Gasteiger partial charge in [-0.25, -0.2) is 0 Å². The molecular formula is C22H28ClNO5. The van der Waals surface area contributed by atoms with Gasteiger partial charge in [-0.3, -0.25) is 19.3 Å². The summed E-state index contributed by atoms with van der Waals surface area (Å²) in [5.41, 5.74) is 0.629. The van der Waals surface area contributed by atoms with Crippen LogP contribution in [0.15, 0.2) is 29.5 Å². The minimum Gasteiger partial charge on any atom is -0.511 e. The lowest BCUT2D eigenvalue weighted by Crippen LogP contribution is -2.32. The molecular weight excluding hydrogens is 394 g/mol. The highest BCUT2D eigenvalue weighted by Crippen LogP contribution is 2.23. The Morgan fingerprint density at radius 1 is 1.17 bits per heavy atom. The Labute approximate surface area is 176 Å². The molecule has 7 heteroatoms. The highest BCUT2D eigenvalue weighted by molar-refractivity contribution is 6.30. The zero-order valence-electron chi connectivity index (χ0n) is 17.0. The number of carbonyl (C=O) groups excluding carboxylic acids is 3. The minimum absolute atomic E-state index is 0.123. The summed E-state index contributed by atoms with van der Waals surface area (Å²) in [5.74, 6) is -1.15. The van der Waals surface area contributed by atoms with Crippen LogP contribution in [0.25, 0.3) is 0 Å². The first-order chi connectivity index (χ1) is 13.8. The molecule has 2 amide bonds. The fraction of sp³-hybridized carbons (Fsp3) is 0.500. The third-order valence-corrected chi connectivity index (χ3v) is 5.06. The fourth-order valence-corrected chi connectivity index (χ4v) is 3.42. The number of hydrogen-bond acceptors (Lipinski definition) is 5. The lowest BCUT2D eigenvalue weighted by atomic mass is 10.1. The molecule has 0 radical (unpaired) electrons. The lowest BCUT2D eigenvalue weighted by molar-refractivity contribution is -0.141. The molecule has 1 aromatic carbocycles. The molecule has 0 bridgehead atoms. The van der Waals surface area contributed by atoms with E-state index in [1.807, 2.05) is 6.92 Å². The van der Waals surface area contributed by atoms with Gasteiger partial charge in [0, 0.05) is 17.9 Å². The third kappa shape index (κ3) is 6.32. The molecule has 1 aliphatic heterocycles. The van der Waals surface area contributed by atoms with Crippen molar-refractivity contribution >= 4 is 29.2 Å². The number of nitrogens with zero attached hydrogens (tertiary/aromatic N) is 1.